The lowest BCUT2D eigenvalue weighted by molar-refractivity contribution is 0.412. The number of hydrogen-bond donors (Lipinski definition) is 1. The first-order chi connectivity index (χ1) is 8.11. The number of aryl methyl sites for hydroxylation is 1. The second-order valence-electron chi connectivity index (χ2n) is 4.55. The van der Waals surface area contributed by atoms with E-state index in [2.05, 4.69) is 36.2 Å². The van der Waals surface area contributed by atoms with E-state index >= 15 is 0 Å². The first-order valence-electron chi connectivity index (χ1n) is 5.82. The molecular weight excluding hydrogens is 212 g/mol. The molecule has 90 valence electrons. The van der Waals surface area contributed by atoms with Gasteiger partial charge in [-0.15, -0.1) is 0 Å². The highest BCUT2D eigenvalue weighted by Crippen LogP contribution is 2.26. The number of ether oxygens (including phenoxy) is 1. The maximum atomic E-state index is 5.25. The molecule has 3 nitrogen and oxygen atoms in total. The summed E-state index contributed by atoms with van der Waals surface area (Å²) in [7, 11) is 1.69. The molecule has 0 aliphatic rings. The third-order valence-corrected chi connectivity index (χ3v) is 2.91. The van der Waals surface area contributed by atoms with Crippen LogP contribution < -0.4 is 4.74 Å². The van der Waals surface area contributed by atoms with Gasteiger partial charge in [-0.1, -0.05) is 13.8 Å². The van der Waals surface area contributed by atoms with E-state index in [1.807, 2.05) is 19.1 Å². The van der Waals surface area contributed by atoms with Crippen molar-refractivity contribution in [3.05, 3.63) is 35.5 Å². The Morgan fingerprint density at radius 1 is 1.24 bits per heavy atom. The summed E-state index contributed by atoms with van der Waals surface area (Å²) in [5.41, 5.74) is 4.39. The lowest BCUT2D eigenvalue weighted by Crippen LogP contribution is -1.87. The molecule has 3 heteroatoms. The van der Waals surface area contributed by atoms with E-state index in [9.17, 15) is 0 Å². The highest BCUT2D eigenvalue weighted by atomic mass is 16.5. The van der Waals surface area contributed by atoms with Gasteiger partial charge in [0.05, 0.1) is 12.8 Å². The molecule has 0 aliphatic carbocycles. The van der Waals surface area contributed by atoms with Gasteiger partial charge in [-0.05, 0) is 42.7 Å². The zero-order valence-electron chi connectivity index (χ0n) is 10.7. The topological polar surface area (TPSA) is 37.9 Å². The molecule has 1 heterocycles. The first-order valence-corrected chi connectivity index (χ1v) is 5.82. The summed E-state index contributed by atoms with van der Waals surface area (Å²) in [4.78, 5) is 0. The van der Waals surface area contributed by atoms with Crippen LogP contribution in [0.25, 0.3) is 11.3 Å². The second-order valence-corrected chi connectivity index (χ2v) is 4.55. The average molecular weight is 230 g/mol. The fraction of sp³-hybridized carbons (Fsp3) is 0.357. The predicted octanol–water partition coefficient (Wildman–Crippen LogP) is 3.52. The van der Waals surface area contributed by atoms with Crippen LogP contribution >= 0.6 is 0 Å². The van der Waals surface area contributed by atoms with Gasteiger partial charge in [-0.3, -0.25) is 5.10 Å². The molecule has 1 aromatic heterocycles. The van der Waals surface area contributed by atoms with Crippen LogP contribution in [-0.2, 0) is 0 Å². The van der Waals surface area contributed by atoms with Crippen molar-refractivity contribution >= 4 is 0 Å². The monoisotopic (exact) mass is 230 g/mol. The molecule has 0 unspecified atom stereocenters. The Kier molecular flexibility index (Phi) is 3.18. The molecule has 2 rings (SSSR count). The van der Waals surface area contributed by atoms with Crippen LogP contribution in [0, 0.1) is 6.92 Å². The van der Waals surface area contributed by atoms with Gasteiger partial charge in [-0.2, -0.15) is 5.10 Å². The Bertz CT molecular complexity index is 515. The normalized spacial score (nSPS) is 10.9. The molecule has 0 bridgehead atoms. The van der Waals surface area contributed by atoms with Gasteiger partial charge in [0.15, 0.2) is 0 Å². The Labute approximate surface area is 102 Å². The molecule has 0 amide bonds. The summed E-state index contributed by atoms with van der Waals surface area (Å²) in [6.07, 6.45) is 0. The summed E-state index contributed by atoms with van der Waals surface area (Å²) in [5.74, 6) is 1.38. The molecule has 1 aromatic carbocycles. The number of rotatable bonds is 3. The van der Waals surface area contributed by atoms with Crippen LogP contribution in [0.2, 0.25) is 0 Å². The third kappa shape index (κ3) is 2.33. The van der Waals surface area contributed by atoms with E-state index in [0.717, 1.165) is 28.3 Å². The van der Waals surface area contributed by atoms with Gasteiger partial charge in [-0.25, -0.2) is 0 Å². The number of methoxy groups -OCH3 is 1. The maximum Gasteiger partial charge on any atom is 0.121 e. The number of nitrogens with one attached hydrogen (secondary N) is 1. The molecular formula is C14H18N2O. The minimum Gasteiger partial charge on any atom is -0.496 e. The molecule has 0 fully saturated rings. The molecule has 0 atom stereocenters. The molecule has 0 saturated heterocycles. The van der Waals surface area contributed by atoms with Gasteiger partial charge in [0.25, 0.3) is 0 Å². The maximum absolute atomic E-state index is 5.25. The van der Waals surface area contributed by atoms with Gasteiger partial charge in [0.2, 0.25) is 0 Å². The number of aromatic nitrogens is 2. The van der Waals surface area contributed by atoms with E-state index in [1.165, 1.54) is 0 Å². The second kappa shape index (κ2) is 4.62. The minimum atomic E-state index is 0.468. The molecule has 0 spiro atoms. The number of aromatic amines is 1. The molecule has 0 aliphatic heterocycles. The van der Waals surface area contributed by atoms with Crippen molar-refractivity contribution in [3.8, 4) is 17.0 Å². The minimum absolute atomic E-state index is 0.468. The van der Waals surface area contributed by atoms with Crippen molar-refractivity contribution in [3.63, 3.8) is 0 Å². The quantitative estimate of drug-likeness (QED) is 0.876. The summed E-state index contributed by atoms with van der Waals surface area (Å²) < 4.78 is 5.25. The summed E-state index contributed by atoms with van der Waals surface area (Å²) in [6, 6.07) is 8.21. The van der Waals surface area contributed by atoms with E-state index in [4.69, 9.17) is 4.74 Å². The fourth-order valence-electron chi connectivity index (χ4n) is 1.82. The van der Waals surface area contributed by atoms with Crippen molar-refractivity contribution in [1.82, 2.24) is 10.2 Å². The average Bonchev–Trinajstić information content (AvgIpc) is 2.78. The van der Waals surface area contributed by atoms with E-state index in [1.54, 1.807) is 7.11 Å². The van der Waals surface area contributed by atoms with Gasteiger partial charge in [0.1, 0.15) is 5.75 Å². The summed E-state index contributed by atoms with van der Waals surface area (Å²) in [5, 5.41) is 7.41. The van der Waals surface area contributed by atoms with Gasteiger partial charge in [0, 0.05) is 11.3 Å². The van der Waals surface area contributed by atoms with Crippen molar-refractivity contribution in [2.24, 2.45) is 0 Å². The van der Waals surface area contributed by atoms with Gasteiger partial charge < -0.3 is 4.74 Å². The Hall–Kier alpha value is -1.77. The highest BCUT2D eigenvalue weighted by Gasteiger charge is 2.08. The van der Waals surface area contributed by atoms with E-state index in [0.29, 0.717) is 5.92 Å². The van der Waals surface area contributed by atoms with Crippen LogP contribution in [-0.4, -0.2) is 17.3 Å². The third-order valence-electron chi connectivity index (χ3n) is 2.91. The van der Waals surface area contributed by atoms with E-state index < -0.39 is 0 Å². The van der Waals surface area contributed by atoms with E-state index in [-0.39, 0.29) is 0 Å². The Balaban J connectivity index is 2.36. The van der Waals surface area contributed by atoms with Crippen molar-refractivity contribution < 1.29 is 4.74 Å². The number of benzene rings is 1. The molecule has 1 N–H and O–H groups in total. The van der Waals surface area contributed by atoms with Crippen molar-refractivity contribution in [2.45, 2.75) is 26.7 Å². The smallest absolute Gasteiger partial charge is 0.121 e. The van der Waals surface area contributed by atoms with Crippen molar-refractivity contribution in [1.29, 1.82) is 0 Å². The first kappa shape index (κ1) is 11.7. The molecule has 17 heavy (non-hydrogen) atoms. The zero-order chi connectivity index (χ0) is 12.4. The number of hydrogen-bond acceptors (Lipinski definition) is 2. The number of H-pyrrole nitrogens is 1. The zero-order valence-corrected chi connectivity index (χ0v) is 10.7. The Morgan fingerprint density at radius 3 is 2.53 bits per heavy atom. The van der Waals surface area contributed by atoms with Crippen LogP contribution in [0.5, 0.6) is 5.75 Å². The van der Waals surface area contributed by atoms with Crippen LogP contribution in [0.4, 0.5) is 0 Å². The predicted molar refractivity (Wildman–Crippen MR) is 69.4 cm³/mol. The van der Waals surface area contributed by atoms with Crippen LogP contribution in [0.15, 0.2) is 24.3 Å². The summed E-state index contributed by atoms with van der Waals surface area (Å²) in [6.45, 7) is 6.34. The summed E-state index contributed by atoms with van der Waals surface area (Å²) >= 11 is 0. The Morgan fingerprint density at radius 2 is 2.00 bits per heavy atom. The SMILES string of the molecule is COc1ccc(-c2cc(C(C)C)[nH]n2)cc1C. The molecule has 0 saturated carbocycles. The van der Waals surface area contributed by atoms with Crippen LogP contribution in [0.1, 0.15) is 31.0 Å². The lowest BCUT2D eigenvalue weighted by Gasteiger charge is -2.05. The highest BCUT2D eigenvalue weighted by molar-refractivity contribution is 5.62. The van der Waals surface area contributed by atoms with Gasteiger partial charge >= 0.3 is 0 Å². The standard InChI is InChI=1S/C14H18N2O/c1-9(2)12-8-13(16-15-12)11-5-6-14(17-4)10(3)7-11/h5-9H,1-4H3,(H,15,16). The fourth-order valence-corrected chi connectivity index (χ4v) is 1.82. The molecule has 2 aromatic rings. The lowest BCUT2D eigenvalue weighted by atomic mass is 10.1. The number of nitrogens with zero attached hydrogens (tertiary/aromatic N) is 1. The molecule has 0 radical (unpaired) electrons. The largest absolute Gasteiger partial charge is 0.496 e. The van der Waals surface area contributed by atoms with Crippen molar-refractivity contribution in [2.75, 3.05) is 7.11 Å². The van der Waals surface area contributed by atoms with Crippen LogP contribution in [0.3, 0.4) is 0 Å².